The van der Waals surface area contributed by atoms with Crippen LogP contribution < -0.4 is 10.2 Å². The van der Waals surface area contributed by atoms with Crippen LogP contribution in [0.1, 0.15) is 22.3 Å². The summed E-state index contributed by atoms with van der Waals surface area (Å²) in [6.07, 6.45) is 5.66. The molecule has 0 aliphatic carbocycles. The first-order valence-corrected chi connectivity index (χ1v) is 10.9. The molecule has 0 amide bonds. The van der Waals surface area contributed by atoms with Crippen molar-refractivity contribution in [1.29, 1.82) is 0 Å². The maximum atomic E-state index is 4.54. The van der Waals surface area contributed by atoms with Crippen molar-refractivity contribution >= 4 is 35.6 Å². The van der Waals surface area contributed by atoms with E-state index in [4.69, 9.17) is 0 Å². The fraction of sp³-hybridized carbons (Fsp3) is 0.360. The summed E-state index contributed by atoms with van der Waals surface area (Å²) in [5.74, 6) is 0.973. The highest BCUT2D eigenvalue weighted by Gasteiger charge is 2.21. The number of guanidine groups is 1. The minimum Gasteiger partial charge on any atom is -0.368 e. The summed E-state index contributed by atoms with van der Waals surface area (Å²) >= 11 is 0. The lowest BCUT2D eigenvalue weighted by atomic mass is 10.1. The zero-order valence-corrected chi connectivity index (χ0v) is 21.5. The number of nitrogens with one attached hydrogen (secondary N) is 1. The molecule has 3 aromatic rings. The first-order valence-electron chi connectivity index (χ1n) is 10.9. The van der Waals surface area contributed by atoms with Gasteiger partial charge >= 0.3 is 0 Å². The smallest absolute Gasteiger partial charge is 0.194 e. The Morgan fingerprint density at radius 2 is 1.78 bits per heavy atom. The van der Waals surface area contributed by atoms with Crippen molar-refractivity contribution in [2.45, 2.75) is 26.9 Å². The molecular weight excluding hydrogens is 511 g/mol. The third kappa shape index (κ3) is 5.82. The van der Waals surface area contributed by atoms with E-state index in [1.807, 2.05) is 25.8 Å². The summed E-state index contributed by atoms with van der Waals surface area (Å²) in [4.78, 5) is 13.5. The van der Waals surface area contributed by atoms with Crippen LogP contribution in [0.5, 0.6) is 0 Å². The van der Waals surface area contributed by atoms with Gasteiger partial charge in [-0.3, -0.25) is 4.99 Å². The molecule has 0 atom stereocenters. The van der Waals surface area contributed by atoms with Crippen LogP contribution in [0.4, 0.5) is 5.69 Å². The molecule has 0 unspecified atom stereocenters. The molecule has 0 spiro atoms. The maximum Gasteiger partial charge on any atom is 0.194 e. The van der Waals surface area contributed by atoms with Gasteiger partial charge in [-0.05, 0) is 42.2 Å². The average molecular weight is 544 g/mol. The lowest BCUT2D eigenvalue weighted by molar-refractivity contribution is 0.372. The van der Waals surface area contributed by atoms with E-state index in [9.17, 15) is 0 Å². The van der Waals surface area contributed by atoms with Gasteiger partial charge in [-0.1, -0.05) is 36.4 Å². The van der Waals surface area contributed by atoms with Gasteiger partial charge in [-0.2, -0.15) is 0 Å². The third-order valence-corrected chi connectivity index (χ3v) is 6.07. The minimum atomic E-state index is 0. The van der Waals surface area contributed by atoms with Crippen LogP contribution in [-0.2, 0) is 13.1 Å². The molecule has 1 aliphatic rings. The van der Waals surface area contributed by atoms with Crippen LogP contribution in [0.25, 0.3) is 0 Å². The Labute approximate surface area is 208 Å². The van der Waals surface area contributed by atoms with Gasteiger partial charge in [0.05, 0.1) is 6.33 Å². The Balaban J connectivity index is 0.00000289. The van der Waals surface area contributed by atoms with E-state index in [1.165, 1.54) is 27.9 Å². The minimum absolute atomic E-state index is 0. The standard InChI is InChI=1S/C25H32N6.HI/c1-20-6-4-9-24(21(20)2)30-12-14-31(15-13-30)25(26-3)28-17-22-7-5-8-23(16-22)18-29-11-10-27-19-29;/h4-11,16,19H,12-15,17-18H2,1-3H3,(H,26,28);1H. The van der Waals surface area contributed by atoms with Crippen molar-refractivity contribution in [2.24, 2.45) is 4.99 Å². The average Bonchev–Trinajstić information content (AvgIpc) is 3.30. The highest BCUT2D eigenvalue weighted by molar-refractivity contribution is 14.0. The molecule has 1 N–H and O–H groups in total. The van der Waals surface area contributed by atoms with Gasteiger partial charge < -0.3 is 19.7 Å². The summed E-state index contributed by atoms with van der Waals surface area (Å²) in [7, 11) is 1.87. The SMILES string of the molecule is CN=C(NCc1cccc(Cn2ccnc2)c1)N1CCN(c2cccc(C)c2C)CC1.I. The summed E-state index contributed by atoms with van der Waals surface area (Å²) in [5.41, 5.74) is 6.63. The molecular formula is C25H33IN6. The molecule has 1 aliphatic heterocycles. The van der Waals surface area contributed by atoms with Crippen LogP contribution >= 0.6 is 24.0 Å². The van der Waals surface area contributed by atoms with Crippen LogP contribution in [0.15, 0.2) is 66.2 Å². The normalized spacial score (nSPS) is 14.3. The van der Waals surface area contributed by atoms with E-state index >= 15 is 0 Å². The summed E-state index contributed by atoms with van der Waals surface area (Å²) in [5, 5.41) is 3.55. The van der Waals surface area contributed by atoms with E-state index < -0.39 is 0 Å². The fourth-order valence-corrected chi connectivity index (χ4v) is 4.18. The molecule has 32 heavy (non-hydrogen) atoms. The van der Waals surface area contributed by atoms with E-state index in [2.05, 4.69) is 86.0 Å². The Morgan fingerprint density at radius 1 is 1.03 bits per heavy atom. The van der Waals surface area contributed by atoms with Gasteiger partial charge in [0, 0.05) is 64.4 Å². The molecule has 1 saturated heterocycles. The molecule has 2 heterocycles. The first-order chi connectivity index (χ1) is 15.1. The number of aliphatic imine (C=N–C) groups is 1. The number of hydrogen-bond donors (Lipinski definition) is 1. The number of benzene rings is 2. The Hall–Kier alpha value is -2.55. The number of anilines is 1. The van der Waals surface area contributed by atoms with Crippen LogP contribution in [0.3, 0.4) is 0 Å². The zero-order chi connectivity index (χ0) is 21.6. The largest absolute Gasteiger partial charge is 0.368 e. The topological polar surface area (TPSA) is 48.7 Å². The molecule has 1 aromatic heterocycles. The van der Waals surface area contributed by atoms with Crippen molar-refractivity contribution in [2.75, 3.05) is 38.1 Å². The Morgan fingerprint density at radius 3 is 2.50 bits per heavy atom. The third-order valence-electron chi connectivity index (χ3n) is 6.07. The van der Waals surface area contributed by atoms with Gasteiger partial charge in [0.25, 0.3) is 0 Å². The number of nitrogens with zero attached hydrogens (tertiary/aromatic N) is 5. The quantitative estimate of drug-likeness (QED) is 0.299. The Bertz CT molecular complexity index is 1020. The number of imidazole rings is 1. The van der Waals surface area contributed by atoms with Gasteiger partial charge in [0.15, 0.2) is 5.96 Å². The second kappa shape index (κ2) is 11.4. The lowest BCUT2D eigenvalue weighted by Gasteiger charge is -2.38. The lowest BCUT2D eigenvalue weighted by Crippen LogP contribution is -2.52. The molecule has 1 fully saturated rings. The van der Waals surface area contributed by atoms with Crippen molar-refractivity contribution in [3.05, 3.63) is 83.4 Å². The molecule has 0 saturated carbocycles. The van der Waals surface area contributed by atoms with Crippen molar-refractivity contribution in [3.8, 4) is 0 Å². The molecule has 6 nitrogen and oxygen atoms in total. The number of piperazine rings is 1. The second-order valence-electron chi connectivity index (χ2n) is 8.15. The monoisotopic (exact) mass is 544 g/mol. The molecule has 7 heteroatoms. The second-order valence-corrected chi connectivity index (χ2v) is 8.15. The van der Waals surface area contributed by atoms with E-state index in [1.54, 1.807) is 0 Å². The Kier molecular flexibility index (Phi) is 8.55. The highest BCUT2D eigenvalue weighted by atomic mass is 127. The number of aromatic nitrogens is 2. The predicted octanol–water partition coefficient (Wildman–Crippen LogP) is 4.06. The van der Waals surface area contributed by atoms with Crippen LogP contribution in [-0.4, -0.2) is 53.6 Å². The molecule has 4 rings (SSSR count). The van der Waals surface area contributed by atoms with Gasteiger partial charge in [-0.15, -0.1) is 24.0 Å². The number of rotatable bonds is 5. The van der Waals surface area contributed by atoms with Crippen LogP contribution in [0.2, 0.25) is 0 Å². The zero-order valence-electron chi connectivity index (χ0n) is 19.2. The number of hydrogen-bond acceptors (Lipinski definition) is 3. The summed E-state index contributed by atoms with van der Waals surface area (Å²) in [6, 6.07) is 15.3. The van der Waals surface area contributed by atoms with E-state index in [-0.39, 0.29) is 24.0 Å². The number of aryl methyl sites for hydroxylation is 1. The van der Waals surface area contributed by atoms with E-state index in [0.717, 1.165) is 45.2 Å². The first kappa shape index (κ1) is 24.1. The number of halogens is 1. The van der Waals surface area contributed by atoms with Gasteiger partial charge in [-0.25, -0.2) is 4.98 Å². The fourth-order valence-electron chi connectivity index (χ4n) is 4.18. The predicted molar refractivity (Wildman–Crippen MR) is 143 cm³/mol. The van der Waals surface area contributed by atoms with E-state index in [0.29, 0.717) is 0 Å². The highest BCUT2D eigenvalue weighted by Crippen LogP contribution is 2.23. The van der Waals surface area contributed by atoms with Gasteiger partial charge in [0.2, 0.25) is 0 Å². The summed E-state index contributed by atoms with van der Waals surface area (Å²) < 4.78 is 2.08. The molecule has 0 radical (unpaired) electrons. The molecule has 0 bridgehead atoms. The maximum absolute atomic E-state index is 4.54. The van der Waals surface area contributed by atoms with Crippen molar-refractivity contribution in [3.63, 3.8) is 0 Å². The molecule has 2 aromatic carbocycles. The van der Waals surface area contributed by atoms with Crippen molar-refractivity contribution < 1.29 is 0 Å². The van der Waals surface area contributed by atoms with Gasteiger partial charge in [0.1, 0.15) is 0 Å². The van der Waals surface area contributed by atoms with Crippen molar-refractivity contribution in [1.82, 2.24) is 19.8 Å². The molecule has 170 valence electrons. The van der Waals surface area contributed by atoms with Crippen LogP contribution in [0, 0.1) is 13.8 Å². The summed E-state index contributed by atoms with van der Waals surface area (Å²) in [6.45, 7) is 9.95.